The third-order valence-corrected chi connectivity index (χ3v) is 12.1. The Balaban J connectivity index is 1.32. The van der Waals surface area contributed by atoms with Crippen molar-refractivity contribution < 1.29 is 15.3 Å². The van der Waals surface area contributed by atoms with Crippen molar-refractivity contribution in [2.24, 2.45) is 52.8 Å². The van der Waals surface area contributed by atoms with Crippen LogP contribution in [0.2, 0.25) is 0 Å². The summed E-state index contributed by atoms with van der Waals surface area (Å²) >= 11 is 0. The van der Waals surface area contributed by atoms with Crippen LogP contribution >= 0.6 is 0 Å². The highest BCUT2D eigenvalue weighted by Gasteiger charge is 2.67. The fourth-order valence-corrected chi connectivity index (χ4v) is 10.6. The van der Waals surface area contributed by atoms with Gasteiger partial charge in [0.25, 0.3) is 0 Å². The highest BCUT2D eigenvalue weighted by Crippen LogP contribution is 2.68. The van der Waals surface area contributed by atoms with Gasteiger partial charge in [0.2, 0.25) is 0 Å². The highest BCUT2D eigenvalue weighted by molar-refractivity contribution is 5.17. The van der Waals surface area contributed by atoms with Crippen LogP contribution in [0, 0.1) is 52.8 Å². The van der Waals surface area contributed by atoms with Crippen molar-refractivity contribution in [3.8, 4) is 0 Å². The van der Waals surface area contributed by atoms with Gasteiger partial charge in [0.1, 0.15) is 0 Å². The van der Waals surface area contributed by atoms with Crippen LogP contribution in [0.4, 0.5) is 0 Å². The standard InChI is InChI=1S/C27H45NO3/c1-15-4-5-24-16(2)18-7-9-27(31)20(19(18)14-28(24)13-15)11-21-22(27)12-25(30)23-10-17(29)6-8-26(21,23)3/h15-25,29-31H,4-14H2,1-3H3/t15-,16-,17+,18-,19-,20+,21+,22+,23-,24+,25-,26-,27+/m1/s1. The molecule has 0 aromatic rings. The average Bonchev–Trinajstić information content (AvgIpc) is 3.03. The number of hydrogen-bond acceptors (Lipinski definition) is 4. The van der Waals surface area contributed by atoms with E-state index in [9.17, 15) is 15.3 Å². The summed E-state index contributed by atoms with van der Waals surface area (Å²) in [4.78, 5) is 2.81. The third-order valence-electron chi connectivity index (χ3n) is 12.1. The lowest BCUT2D eigenvalue weighted by Gasteiger charge is -2.59. The van der Waals surface area contributed by atoms with Gasteiger partial charge in [0.15, 0.2) is 0 Å². The Morgan fingerprint density at radius 2 is 1.58 bits per heavy atom. The van der Waals surface area contributed by atoms with Gasteiger partial charge in [-0.1, -0.05) is 20.8 Å². The van der Waals surface area contributed by atoms with Crippen molar-refractivity contribution in [2.75, 3.05) is 13.1 Å². The maximum atomic E-state index is 12.3. The van der Waals surface area contributed by atoms with E-state index in [0.29, 0.717) is 17.8 Å². The van der Waals surface area contributed by atoms with Crippen LogP contribution in [0.1, 0.15) is 78.6 Å². The van der Waals surface area contributed by atoms with E-state index in [1.165, 1.54) is 32.4 Å². The number of hydrogen-bond donors (Lipinski definition) is 3. The Labute approximate surface area is 188 Å². The van der Waals surface area contributed by atoms with Gasteiger partial charge in [-0.05, 0) is 111 Å². The molecular weight excluding hydrogens is 386 g/mol. The zero-order valence-corrected chi connectivity index (χ0v) is 19.9. The number of aliphatic hydroxyl groups excluding tert-OH is 2. The van der Waals surface area contributed by atoms with Gasteiger partial charge in [-0.25, -0.2) is 0 Å². The van der Waals surface area contributed by atoms with Gasteiger partial charge in [-0.2, -0.15) is 0 Å². The fraction of sp³-hybridized carbons (Fsp3) is 1.00. The molecule has 2 saturated heterocycles. The first kappa shape index (κ1) is 21.4. The van der Waals surface area contributed by atoms with Crippen LogP contribution in [0.25, 0.3) is 0 Å². The predicted molar refractivity (Wildman–Crippen MR) is 121 cm³/mol. The average molecular weight is 432 g/mol. The lowest BCUT2D eigenvalue weighted by atomic mass is 9.50. The molecular formula is C27H45NO3. The van der Waals surface area contributed by atoms with E-state index in [0.717, 1.165) is 62.3 Å². The first-order valence-corrected chi connectivity index (χ1v) is 13.5. The molecule has 31 heavy (non-hydrogen) atoms. The van der Waals surface area contributed by atoms with Crippen LogP contribution in [-0.4, -0.2) is 57.2 Å². The maximum absolute atomic E-state index is 12.3. The summed E-state index contributed by atoms with van der Waals surface area (Å²) in [6, 6.07) is 0.760. The normalized spacial score (nSPS) is 61.5. The van der Waals surface area contributed by atoms with Crippen LogP contribution in [-0.2, 0) is 0 Å². The van der Waals surface area contributed by atoms with Crippen molar-refractivity contribution in [1.29, 1.82) is 0 Å². The minimum atomic E-state index is -0.579. The molecule has 0 spiro atoms. The molecule has 0 amide bonds. The summed E-state index contributed by atoms with van der Waals surface area (Å²) in [5.41, 5.74) is -0.503. The quantitative estimate of drug-likeness (QED) is 0.547. The molecule has 6 rings (SSSR count). The van der Waals surface area contributed by atoms with Crippen molar-refractivity contribution in [3.05, 3.63) is 0 Å². The van der Waals surface area contributed by atoms with Gasteiger partial charge in [0.05, 0.1) is 17.8 Å². The molecule has 0 aromatic carbocycles. The minimum absolute atomic E-state index is 0.0760. The molecule has 13 atom stereocenters. The molecule has 2 aliphatic heterocycles. The third kappa shape index (κ3) is 2.93. The second kappa shape index (κ2) is 7.17. The minimum Gasteiger partial charge on any atom is -0.393 e. The summed E-state index contributed by atoms with van der Waals surface area (Å²) in [6.45, 7) is 9.76. The molecule has 4 heteroatoms. The van der Waals surface area contributed by atoms with E-state index < -0.39 is 5.60 Å². The molecule has 176 valence electrons. The summed E-state index contributed by atoms with van der Waals surface area (Å²) in [7, 11) is 0. The molecule has 0 radical (unpaired) electrons. The van der Waals surface area contributed by atoms with E-state index in [1.807, 2.05) is 0 Å². The van der Waals surface area contributed by atoms with Gasteiger partial charge >= 0.3 is 0 Å². The molecule has 4 nitrogen and oxygen atoms in total. The Hall–Kier alpha value is -0.160. The lowest BCUT2D eigenvalue weighted by Crippen LogP contribution is -2.62. The second-order valence-corrected chi connectivity index (χ2v) is 13.3. The maximum Gasteiger partial charge on any atom is 0.0711 e. The van der Waals surface area contributed by atoms with Gasteiger partial charge < -0.3 is 15.3 Å². The van der Waals surface area contributed by atoms with Crippen LogP contribution in [0.15, 0.2) is 0 Å². The summed E-state index contributed by atoms with van der Waals surface area (Å²) in [5.74, 6) is 4.30. The van der Waals surface area contributed by atoms with E-state index in [1.54, 1.807) is 0 Å². The van der Waals surface area contributed by atoms with E-state index in [4.69, 9.17) is 0 Å². The molecule has 4 aliphatic carbocycles. The van der Waals surface area contributed by atoms with Crippen molar-refractivity contribution in [3.63, 3.8) is 0 Å². The smallest absolute Gasteiger partial charge is 0.0711 e. The zero-order chi connectivity index (χ0) is 21.7. The highest BCUT2D eigenvalue weighted by atomic mass is 16.3. The molecule has 0 bridgehead atoms. The fourth-order valence-electron chi connectivity index (χ4n) is 10.6. The van der Waals surface area contributed by atoms with E-state index in [2.05, 4.69) is 25.7 Å². The van der Waals surface area contributed by atoms with Crippen LogP contribution < -0.4 is 0 Å². The van der Waals surface area contributed by atoms with E-state index in [-0.39, 0.29) is 29.5 Å². The van der Waals surface area contributed by atoms with Gasteiger partial charge in [-0.3, -0.25) is 4.90 Å². The summed E-state index contributed by atoms with van der Waals surface area (Å²) in [5, 5.41) is 33.8. The molecule has 2 heterocycles. The molecule has 0 aromatic heterocycles. The summed E-state index contributed by atoms with van der Waals surface area (Å²) in [6.07, 6.45) is 8.78. The number of fused-ring (bicyclic) bond motifs is 8. The zero-order valence-electron chi connectivity index (χ0n) is 19.9. The van der Waals surface area contributed by atoms with E-state index >= 15 is 0 Å². The van der Waals surface area contributed by atoms with Gasteiger partial charge in [0, 0.05) is 19.1 Å². The first-order valence-electron chi connectivity index (χ1n) is 13.5. The van der Waals surface area contributed by atoms with Gasteiger partial charge in [-0.15, -0.1) is 0 Å². The largest absolute Gasteiger partial charge is 0.393 e. The molecule has 6 aliphatic rings. The molecule has 6 fully saturated rings. The topological polar surface area (TPSA) is 63.9 Å². The van der Waals surface area contributed by atoms with Crippen LogP contribution in [0.5, 0.6) is 0 Å². The Morgan fingerprint density at radius 1 is 0.774 bits per heavy atom. The Kier molecular flexibility index (Phi) is 4.94. The molecule has 4 saturated carbocycles. The first-order chi connectivity index (χ1) is 14.7. The van der Waals surface area contributed by atoms with Crippen molar-refractivity contribution in [1.82, 2.24) is 4.90 Å². The number of aliphatic hydroxyl groups is 3. The monoisotopic (exact) mass is 431 g/mol. The number of nitrogens with zero attached hydrogens (tertiary/aromatic N) is 1. The predicted octanol–water partition coefficient (Wildman–Crippen LogP) is 3.68. The summed E-state index contributed by atoms with van der Waals surface area (Å²) < 4.78 is 0. The second-order valence-electron chi connectivity index (χ2n) is 13.3. The van der Waals surface area contributed by atoms with Crippen molar-refractivity contribution >= 4 is 0 Å². The Bertz CT molecular complexity index is 713. The van der Waals surface area contributed by atoms with Crippen LogP contribution in [0.3, 0.4) is 0 Å². The number of rotatable bonds is 0. The molecule has 3 N–H and O–H groups in total. The molecule has 0 unspecified atom stereocenters. The Morgan fingerprint density at radius 3 is 2.39 bits per heavy atom. The SMILES string of the molecule is C[C@@H]1CC[C@H]2[C@H](C)[C@H]3CC[C@]4(O)[C@@H](C[C@H]5[C@@H]4C[C@@H](O)[C@H]4C[C@@H](O)CC[C@@]45C)[C@@H]3CN2C1. The number of piperidine rings is 2. The van der Waals surface area contributed by atoms with Crippen molar-refractivity contribution in [2.45, 2.75) is 102 Å². The lowest BCUT2D eigenvalue weighted by molar-refractivity contribution is -0.176.